The number of amides is 1. The highest BCUT2D eigenvalue weighted by atomic mass is 32.1. The third-order valence-electron chi connectivity index (χ3n) is 3.50. The zero-order chi connectivity index (χ0) is 13.3. The van der Waals surface area contributed by atoms with Crippen molar-refractivity contribution < 1.29 is 4.79 Å². The van der Waals surface area contributed by atoms with Gasteiger partial charge in [-0.15, -0.1) is 0 Å². The molecule has 0 saturated heterocycles. The first-order valence-electron chi connectivity index (χ1n) is 6.59. The van der Waals surface area contributed by atoms with Gasteiger partial charge in [0, 0.05) is 12.2 Å². The van der Waals surface area contributed by atoms with Gasteiger partial charge < -0.3 is 4.90 Å². The number of aryl methyl sites for hydroxylation is 2. The Kier molecular flexibility index (Phi) is 4.00. The van der Waals surface area contributed by atoms with E-state index in [9.17, 15) is 4.79 Å². The van der Waals surface area contributed by atoms with Crippen molar-refractivity contribution in [2.75, 3.05) is 11.4 Å². The summed E-state index contributed by atoms with van der Waals surface area (Å²) in [4.78, 5) is 14.3. The molecule has 1 aromatic carbocycles. The summed E-state index contributed by atoms with van der Waals surface area (Å²) in [7, 11) is 0. The Bertz CT molecular complexity index is 456. The number of hydrogen-bond donors (Lipinski definition) is 1. The summed E-state index contributed by atoms with van der Waals surface area (Å²) in [6.07, 6.45) is 2.11. The van der Waals surface area contributed by atoms with Crippen LogP contribution in [0.25, 0.3) is 0 Å². The van der Waals surface area contributed by atoms with Crippen molar-refractivity contribution in [2.45, 2.75) is 38.9 Å². The van der Waals surface area contributed by atoms with Gasteiger partial charge in [0.2, 0.25) is 5.91 Å². The van der Waals surface area contributed by atoms with Gasteiger partial charge >= 0.3 is 0 Å². The van der Waals surface area contributed by atoms with Gasteiger partial charge in [0.25, 0.3) is 0 Å². The molecule has 1 aromatic rings. The van der Waals surface area contributed by atoms with Crippen molar-refractivity contribution in [2.24, 2.45) is 5.92 Å². The lowest BCUT2D eigenvalue weighted by Gasteiger charge is -2.32. The van der Waals surface area contributed by atoms with Gasteiger partial charge in [-0.05, 0) is 37.3 Å². The van der Waals surface area contributed by atoms with Crippen molar-refractivity contribution in [1.82, 2.24) is 0 Å². The van der Waals surface area contributed by atoms with Crippen molar-refractivity contribution in [3.8, 4) is 0 Å². The van der Waals surface area contributed by atoms with Gasteiger partial charge in [-0.2, -0.15) is 12.6 Å². The van der Waals surface area contributed by atoms with Crippen molar-refractivity contribution in [3.05, 3.63) is 29.3 Å². The normalized spacial score (nSPS) is 16.6. The highest BCUT2D eigenvalue weighted by Gasteiger charge is 2.28. The minimum absolute atomic E-state index is 0.137. The van der Waals surface area contributed by atoms with E-state index in [0.717, 1.165) is 25.1 Å². The largest absolute Gasteiger partial charge is 0.311 e. The Labute approximate surface area is 115 Å². The first-order valence-corrected chi connectivity index (χ1v) is 7.11. The molecule has 0 radical (unpaired) electrons. The molecule has 1 heterocycles. The summed E-state index contributed by atoms with van der Waals surface area (Å²) >= 11 is 4.45. The number of fused-ring (bicyclic) bond motifs is 1. The zero-order valence-electron chi connectivity index (χ0n) is 11.3. The van der Waals surface area contributed by atoms with Gasteiger partial charge in [0.15, 0.2) is 0 Å². The number of carbonyl (C=O) groups excluding carboxylic acids is 1. The molecule has 3 heteroatoms. The van der Waals surface area contributed by atoms with Crippen LogP contribution in [0.15, 0.2) is 18.2 Å². The molecule has 2 rings (SSSR count). The zero-order valence-corrected chi connectivity index (χ0v) is 12.2. The molecule has 0 fully saturated rings. The highest BCUT2D eigenvalue weighted by Crippen LogP contribution is 2.29. The summed E-state index contributed by atoms with van der Waals surface area (Å²) in [5.41, 5.74) is 3.63. The predicted octanol–water partition coefficient (Wildman–Crippen LogP) is 3.23. The molecule has 0 bridgehead atoms. The van der Waals surface area contributed by atoms with Crippen LogP contribution in [0.5, 0.6) is 0 Å². The minimum atomic E-state index is -0.211. The van der Waals surface area contributed by atoms with E-state index >= 15 is 0 Å². The molecule has 18 heavy (non-hydrogen) atoms. The summed E-state index contributed by atoms with van der Waals surface area (Å²) in [6, 6.07) is 6.34. The number of anilines is 1. The number of benzene rings is 1. The van der Waals surface area contributed by atoms with E-state index in [2.05, 4.69) is 37.8 Å². The van der Waals surface area contributed by atoms with Crippen LogP contribution in [-0.4, -0.2) is 17.7 Å². The lowest BCUT2D eigenvalue weighted by molar-refractivity contribution is -0.118. The van der Waals surface area contributed by atoms with Crippen LogP contribution in [0.3, 0.4) is 0 Å². The molecule has 1 amide bonds. The lowest BCUT2D eigenvalue weighted by Crippen LogP contribution is -2.42. The van der Waals surface area contributed by atoms with Crippen LogP contribution in [0.1, 0.15) is 31.4 Å². The second kappa shape index (κ2) is 5.35. The minimum Gasteiger partial charge on any atom is -0.311 e. The van der Waals surface area contributed by atoms with E-state index in [4.69, 9.17) is 0 Å². The van der Waals surface area contributed by atoms with E-state index in [1.165, 1.54) is 11.1 Å². The standard InChI is InChI=1S/C15H21NOS/c1-10(2)14(18)15(17)16-8-4-5-12-9-11(3)6-7-13(12)16/h6-7,9-10,14,18H,4-5,8H2,1-3H3. The summed E-state index contributed by atoms with van der Waals surface area (Å²) in [6.45, 7) is 6.99. The van der Waals surface area contributed by atoms with E-state index in [1.54, 1.807) is 0 Å². The Morgan fingerprint density at radius 3 is 2.78 bits per heavy atom. The fourth-order valence-electron chi connectivity index (χ4n) is 2.40. The van der Waals surface area contributed by atoms with Gasteiger partial charge in [-0.1, -0.05) is 31.5 Å². The maximum Gasteiger partial charge on any atom is 0.240 e. The van der Waals surface area contributed by atoms with E-state index < -0.39 is 0 Å². The first kappa shape index (κ1) is 13.5. The number of hydrogen-bond acceptors (Lipinski definition) is 2. The average Bonchev–Trinajstić information content (AvgIpc) is 2.35. The van der Waals surface area contributed by atoms with Crippen molar-refractivity contribution in [3.63, 3.8) is 0 Å². The number of thiol groups is 1. The predicted molar refractivity (Wildman–Crippen MR) is 79.5 cm³/mol. The highest BCUT2D eigenvalue weighted by molar-refractivity contribution is 7.81. The maximum atomic E-state index is 12.4. The van der Waals surface area contributed by atoms with Crippen molar-refractivity contribution >= 4 is 24.2 Å². The molecule has 2 nitrogen and oxygen atoms in total. The molecule has 0 N–H and O–H groups in total. The monoisotopic (exact) mass is 263 g/mol. The molecule has 0 spiro atoms. The third kappa shape index (κ3) is 2.56. The molecular formula is C15H21NOS. The quantitative estimate of drug-likeness (QED) is 0.812. The van der Waals surface area contributed by atoms with Crippen LogP contribution >= 0.6 is 12.6 Å². The Morgan fingerprint density at radius 2 is 2.11 bits per heavy atom. The van der Waals surface area contributed by atoms with Crippen LogP contribution in [-0.2, 0) is 11.2 Å². The van der Waals surface area contributed by atoms with Gasteiger partial charge in [-0.3, -0.25) is 4.79 Å². The van der Waals surface area contributed by atoms with Gasteiger partial charge in [0.05, 0.1) is 5.25 Å². The second-order valence-electron chi connectivity index (χ2n) is 5.41. The molecule has 98 valence electrons. The van der Waals surface area contributed by atoms with Gasteiger partial charge in [0.1, 0.15) is 0 Å². The number of nitrogens with zero attached hydrogens (tertiary/aromatic N) is 1. The summed E-state index contributed by atoms with van der Waals surface area (Å²) < 4.78 is 0. The molecule has 1 aliphatic rings. The third-order valence-corrected chi connectivity index (χ3v) is 4.32. The van der Waals surface area contributed by atoms with Gasteiger partial charge in [-0.25, -0.2) is 0 Å². The average molecular weight is 263 g/mol. The molecule has 1 atom stereocenters. The topological polar surface area (TPSA) is 20.3 Å². The SMILES string of the molecule is Cc1ccc2c(c1)CCCN2C(=O)C(S)C(C)C. The molecule has 1 unspecified atom stereocenters. The molecule has 1 aliphatic heterocycles. The van der Waals surface area contributed by atoms with E-state index in [-0.39, 0.29) is 17.1 Å². The van der Waals surface area contributed by atoms with Crippen LogP contribution in [0.4, 0.5) is 5.69 Å². The Balaban J connectivity index is 2.30. The Hall–Kier alpha value is -0.960. The van der Waals surface area contributed by atoms with Crippen molar-refractivity contribution in [1.29, 1.82) is 0 Å². The fraction of sp³-hybridized carbons (Fsp3) is 0.533. The summed E-state index contributed by atoms with van der Waals surface area (Å²) in [5.74, 6) is 0.398. The first-order chi connectivity index (χ1) is 8.50. The van der Waals surface area contributed by atoms with E-state index in [1.807, 2.05) is 18.7 Å². The van der Waals surface area contributed by atoms with Crippen LogP contribution < -0.4 is 4.90 Å². The fourth-order valence-corrected chi connectivity index (χ4v) is 2.54. The maximum absolute atomic E-state index is 12.4. The summed E-state index contributed by atoms with van der Waals surface area (Å²) in [5, 5.41) is -0.211. The molecule has 0 aliphatic carbocycles. The lowest BCUT2D eigenvalue weighted by atomic mass is 9.98. The van der Waals surface area contributed by atoms with Crippen LogP contribution in [0.2, 0.25) is 0 Å². The van der Waals surface area contributed by atoms with E-state index in [0.29, 0.717) is 0 Å². The molecule has 0 saturated carbocycles. The van der Waals surface area contributed by atoms with Crippen LogP contribution in [0, 0.1) is 12.8 Å². The molecule has 0 aromatic heterocycles. The smallest absolute Gasteiger partial charge is 0.240 e. The number of carbonyl (C=O) groups is 1. The number of rotatable bonds is 2. The second-order valence-corrected chi connectivity index (χ2v) is 5.97. The Morgan fingerprint density at radius 1 is 1.39 bits per heavy atom. The molecular weight excluding hydrogens is 242 g/mol.